The molecule has 2 aromatic heterocycles. The molecule has 0 aliphatic rings. The normalized spacial score (nSPS) is 10.7. The molecule has 0 bridgehead atoms. The lowest BCUT2D eigenvalue weighted by Crippen LogP contribution is -2.19. The monoisotopic (exact) mass is 393 g/mol. The Morgan fingerprint density at radius 1 is 1.07 bits per heavy atom. The molecular weight excluding hydrogens is 374 g/mol. The van der Waals surface area contributed by atoms with Gasteiger partial charge in [-0.1, -0.05) is 50.0 Å². The lowest BCUT2D eigenvalue weighted by molar-refractivity contribution is 0.262. The number of nitrogens with one attached hydrogen (secondary N) is 2. The van der Waals surface area contributed by atoms with Crippen molar-refractivity contribution in [3.8, 4) is 11.8 Å². The van der Waals surface area contributed by atoms with Crippen molar-refractivity contribution in [2.24, 2.45) is 0 Å². The van der Waals surface area contributed by atoms with Crippen molar-refractivity contribution in [2.45, 2.75) is 26.2 Å². The van der Waals surface area contributed by atoms with Gasteiger partial charge in [-0.05, 0) is 18.2 Å². The van der Waals surface area contributed by atoms with Crippen LogP contribution in [0.15, 0.2) is 36.7 Å². The van der Waals surface area contributed by atoms with Gasteiger partial charge in [0.05, 0.1) is 5.56 Å². The number of urea groups is 1. The zero-order valence-corrected chi connectivity index (χ0v) is 16.5. The molecule has 0 radical (unpaired) electrons. The molecule has 0 saturated carbocycles. The Kier molecular flexibility index (Phi) is 5.52. The quantitative estimate of drug-likeness (QED) is 0.575. The number of hydrogen-bond acceptors (Lipinski definition) is 7. The molecule has 2 amide bonds. The highest BCUT2D eigenvalue weighted by Crippen LogP contribution is 2.27. The van der Waals surface area contributed by atoms with E-state index >= 15 is 0 Å². The number of nitrogens with two attached hydrogens (primary N) is 1. The number of rotatable bonds is 2. The Morgan fingerprint density at radius 2 is 1.79 bits per heavy atom. The van der Waals surface area contributed by atoms with Crippen LogP contribution in [0.2, 0.25) is 0 Å². The molecule has 9 heteroatoms. The summed E-state index contributed by atoms with van der Waals surface area (Å²) in [5.74, 6) is 6.15. The summed E-state index contributed by atoms with van der Waals surface area (Å²) in [4.78, 5) is 20.0. The minimum absolute atomic E-state index is 0.114. The van der Waals surface area contributed by atoms with E-state index in [0.717, 1.165) is 10.6 Å². The van der Waals surface area contributed by atoms with Crippen LogP contribution in [0.25, 0.3) is 0 Å². The number of anilines is 3. The van der Waals surface area contributed by atoms with Crippen LogP contribution in [-0.2, 0) is 5.41 Å². The maximum atomic E-state index is 12.2. The Balaban J connectivity index is 1.65. The van der Waals surface area contributed by atoms with Gasteiger partial charge >= 0.3 is 6.03 Å². The molecule has 0 fully saturated rings. The Bertz CT molecular complexity index is 1040. The highest BCUT2D eigenvalue weighted by Gasteiger charge is 2.20. The van der Waals surface area contributed by atoms with Crippen LogP contribution < -0.4 is 16.4 Å². The van der Waals surface area contributed by atoms with E-state index in [1.54, 1.807) is 24.5 Å². The number of benzene rings is 1. The first-order valence-electron chi connectivity index (χ1n) is 8.41. The third-order valence-electron chi connectivity index (χ3n) is 3.43. The standard InChI is InChI=1S/C19H19N7OS/c1-19(2,3)15-25-26-18(28-15)24-17(27)23-14-6-4-5-12(9-14)7-8-13-10-21-16(20)22-11-13/h4-6,9-11H,1-3H3,(H2,20,21,22)(H2,23,24,26,27). The SMILES string of the molecule is CC(C)(C)c1nnc(NC(=O)Nc2cccc(C#Cc3cnc(N)nc3)c2)s1. The minimum atomic E-state index is -0.395. The first-order chi connectivity index (χ1) is 13.3. The summed E-state index contributed by atoms with van der Waals surface area (Å²) in [6, 6.07) is 6.80. The largest absolute Gasteiger partial charge is 0.368 e. The van der Waals surface area contributed by atoms with Crippen LogP contribution >= 0.6 is 11.3 Å². The third kappa shape index (κ3) is 5.25. The second kappa shape index (κ2) is 8.02. The van der Waals surface area contributed by atoms with E-state index < -0.39 is 6.03 Å². The molecule has 0 saturated heterocycles. The van der Waals surface area contributed by atoms with E-state index in [1.807, 2.05) is 32.9 Å². The van der Waals surface area contributed by atoms with Crippen LogP contribution in [0.5, 0.6) is 0 Å². The molecule has 3 aromatic rings. The van der Waals surface area contributed by atoms with E-state index in [9.17, 15) is 4.79 Å². The van der Waals surface area contributed by atoms with Gasteiger partial charge in [0.15, 0.2) is 0 Å². The number of aromatic nitrogens is 4. The average molecular weight is 393 g/mol. The molecular formula is C19H19N7OS. The number of carbonyl (C=O) groups excluding carboxylic acids is 1. The molecule has 2 heterocycles. The van der Waals surface area contributed by atoms with Crippen LogP contribution in [0.1, 0.15) is 36.9 Å². The maximum absolute atomic E-state index is 12.2. The van der Waals surface area contributed by atoms with E-state index in [0.29, 0.717) is 16.4 Å². The summed E-state index contributed by atoms with van der Waals surface area (Å²) < 4.78 is 0. The molecule has 3 rings (SSSR count). The van der Waals surface area contributed by atoms with Gasteiger partial charge in [0, 0.05) is 29.1 Å². The van der Waals surface area contributed by atoms with Gasteiger partial charge in [-0.25, -0.2) is 14.8 Å². The van der Waals surface area contributed by atoms with Gasteiger partial charge in [-0.2, -0.15) is 0 Å². The number of nitrogen functional groups attached to an aromatic ring is 1. The van der Waals surface area contributed by atoms with Gasteiger partial charge in [-0.3, -0.25) is 5.32 Å². The number of hydrogen-bond donors (Lipinski definition) is 3. The second-order valence-electron chi connectivity index (χ2n) is 6.90. The van der Waals surface area contributed by atoms with Crippen molar-refractivity contribution in [2.75, 3.05) is 16.4 Å². The molecule has 0 spiro atoms. The number of amides is 2. The number of carbonyl (C=O) groups is 1. The van der Waals surface area contributed by atoms with Crippen molar-refractivity contribution >= 4 is 34.1 Å². The molecule has 4 N–H and O–H groups in total. The summed E-state index contributed by atoms with van der Waals surface area (Å²) in [6.45, 7) is 6.13. The zero-order valence-electron chi connectivity index (χ0n) is 15.6. The zero-order chi connectivity index (χ0) is 20.1. The van der Waals surface area contributed by atoms with Gasteiger partial charge < -0.3 is 11.1 Å². The molecule has 0 aliphatic heterocycles. The maximum Gasteiger partial charge on any atom is 0.325 e. The lowest BCUT2D eigenvalue weighted by atomic mass is 9.98. The van der Waals surface area contributed by atoms with Crippen molar-refractivity contribution in [3.05, 3.63) is 52.8 Å². The van der Waals surface area contributed by atoms with Gasteiger partial charge in [0.2, 0.25) is 11.1 Å². The minimum Gasteiger partial charge on any atom is -0.368 e. The number of nitrogens with zero attached hydrogens (tertiary/aromatic N) is 4. The summed E-state index contributed by atoms with van der Waals surface area (Å²) in [7, 11) is 0. The summed E-state index contributed by atoms with van der Waals surface area (Å²) in [6.07, 6.45) is 3.11. The molecule has 142 valence electrons. The second-order valence-corrected chi connectivity index (χ2v) is 7.88. The van der Waals surface area contributed by atoms with Crippen LogP contribution in [0.3, 0.4) is 0 Å². The van der Waals surface area contributed by atoms with Gasteiger partial charge in [0.1, 0.15) is 5.01 Å². The van der Waals surface area contributed by atoms with Crippen LogP contribution in [0, 0.1) is 11.8 Å². The summed E-state index contributed by atoms with van der Waals surface area (Å²) in [5, 5.41) is 14.9. The van der Waals surface area contributed by atoms with Crippen molar-refractivity contribution in [1.82, 2.24) is 20.2 Å². The lowest BCUT2D eigenvalue weighted by Gasteiger charge is -2.12. The van der Waals surface area contributed by atoms with E-state index in [2.05, 4.69) is 42.6 Å². The summed E-state index contributed by atoms with van der Waals surface area (Å²) in [5.41, 5.74) is 7.33. The third-order valence-corrected chi connectivity index (χ3v) is 4.69. The predicted molar refractivity (Wildman–Crippen MR) is 110 cm³/mol. The van der Waals surface area contributed by atoms with Gasteiger partial charge in [-0.15, -0.1) is 10.2 Å². The Hall–Kier alpha value is -3.51. The first-order valence-corrected chi connectivity index (χ1v) is 9.23. The molecule has 0 unspecified atom stereocenters. The smallest absolute Gasteiger partial charge is 0.325 e. The highest BCUT2D eigenvalue weighted by atomic mass is 32.1. The van der Waals surface area contributed by atoms with E-state index in [1.165, 1.54) is 11.3 Å². The molecule has 0 aliphatic carbocycles. The fourth-order valence-corrected chi connectivity index (χ4v) is 2.85. The van der Waals surface area contributed by atoms with Crippen LogP contribution in [0.4, 0.5) is 21.6 Å². The Labute approximate surface area is 166 Å². The molecule has 1 aromatic carbocycles. The Morgan fingerprint density at radius 3 is 2.46 bits per heavy atom. The van der Waals surface area contributed by atoms with Crippen molar-refractivity contribution in [1.29, 1.82) is 0 Å². The fourth-order valence-electron chi connectivity index (χ4n) is 2.06. The topological polar surface area (TPSA) is 119 Å². The molecule has 28 heavy (non-hydrogen) atoms. The predicted octanol–water partition coefficient (Wildman–Crippen LogP) is 3.25. The molecule has 0 atom stereocenters. The van der Waals surface area contributed by atoms with E-state index in [-0.39, 0.29) is 11.4 Å². The van der Waals surface area contributed by atoms with E-state index in [4.69, 9.17) is 5.73 Å². The summed E-state index contributed by atoms with van der Waals surface area (Å²) >= 11 is 1.35. The average Bonchev–Trinajstić information content (AvgIpc) is 3.10. The highest BCUT2D eigenvalue weighted by molar-refractivity contribution is 7.15. The van der Waals surface area contributed by atoms with Crippen LogP contribution in [-0.4, -0.2) is 26.2 Å². The fraction of sp³-hybridized carbons (Fsp3) is 0.211. The van der Waals surface area contributed by atoms with Crippen molar-refractivity contribution < 1.29 is 4.79 Å². The first kappa shape index (κ1) is 19.3. The van der Waals surface area contributed by atoms with Gasteiger partial charge in [0.25, 0.3) is 0 Å². The molecule has 8 nitrogen and oxygen atoms in total. The van der Waals surface area contributed by atoms with Crippen molar-refractivity contribution in [3.63, 3.8) is 0 Å².